The van der Waals surface area contributed by atoms with Gasteiger partial charge in [0.1, 0.15) is 22.9 Å². The molecule has 170 valence electrons. The van der Waals surface area contributed by atoms with Gasteiger partial charge in [-0.3, -0.25) is 14.5 Å². The van der Waals surface area contributed by atoms with Crippen LogP contribution < -0.4 is 5.32 Å². The molecule has 2 N–H and O–H groups in total. The van der Waals surface area contributed by atoms with Crippen LogP contribution in [-0.2, 0) is 25.0 Å². The minimum absolute atomic E-state index is 0.0427. The van der Waals surface area contributed by atoms with Gasteiger partial charge in [0.2, 0.25) is 5.91 Å². The number of thioether (sulfide) groups is 3. The highest BCUT2D eigenvalue weighted by molar-refractivity contribution is 8.01. The second kappa shape index (κ2) is 9.74. The van der Waals surface area contributed by atoms with Crippen molar-refractivity contribution in [3.63, 3.8) is 0 Å². The fraction of sp³-hybridized carbons (Fsp3) is 0.467. The summed E-state index contributed by atoms with van der Waals surface area (Å²) in [6.07, 6.45) is 1.42. The Kier molecular flexibility index (Phi) is 6.99. The van der Waals surface area contributed by atoms with Crippen LogP contribution in [0.2, 0.25) is 0 Å². The van der Waals surface area contributed by atoms with Crippen molar-refractivity contribution in [3.8, 4) is 0 Å². The standard InChI is InChI=1S/C15H16N8O5S4/c1-28-15(18-9(24)4-29-7-22-5-16-20-21-22)12(27)23-10(11(25)26)8(2-30-13(15)23)3-31-14-19-17-6-32-14/h5-6,13H,2-4,7H2,1H3,(H,18,24)(H,25,26)/t13?,15-/m0/s1. The number of methoxy groups -OCH3 is 1. The van der Waals surface area contributed by atoms with E-state index in [0.29, 0.717) is 27.3 Å². The first-order valence-electron chi connectivity index (χ1n) is 8.90. The molecule has 1 fully saturated rings. The third-order valence-corrected chi connectivity index (χ3v) is 8.75. The lowest BCUT2D eigenvalue weighted by molar-refractivity contribution is -0.192. The SMILES string of the molecule is CO[C@@]1(NC(=O)CSCn2cnnn2)C(=O)N2C(C(=O)O)=C(CSc3nncs3)CSC21. The van der Waals surface area contributed by atoms with E-state index in [9.17, 15) is 19.5 Å². The zero-order valence-corrected chi connectivity index (χ0v) is 19.7. The van der Waals surface area contributed by atoms with Gasteiger partial charge in [0.05, 0.1) is 11.6 Å². The van der Waals surface area contributed by atoms with Crippen molar-refractivity contribution in [2.24, 2.45) is 0 Å². The molecule has 0 spiro atoms. The number of hydrogen-bond acceptors (Lipinski definition) is 13. The number of nitrogens with zero attached hydrogens (tertiary/aromatic N) is 7. The molecule has 0 radical (unpaired) electrons. The van der Waals surface area contributed by atoms with Crippen LogP contribution in [-0.4, -0.2) is 93.7 Å². The maximum Gasteiger partial charge on any atom is 0.352 e. The Balaban J connectivity index is 1.43. The number of β-lactam (4-membered cyclic amide) rings is 1. The molecular weight excluding hydrogens is 500 g/mol. The van der Waals surface area contributed by atoms with Crippen LogP contribution in [0.5, 0.6) is 0 Å². The van der Waals surface area contributed by atoms with Crippen molar-refractivity contribution in [2.45, 2.75) is 21.3 Å². The van der Waals surface area contributed by atoms with E-state index in [1.54, 1.807) is 5.51 Å². The first-order valence-corrected chi connectivity index (χ1v) is 13.0. The van der Waals surface area contributed by atoms with Crippen molar-refractivity contribution in [3.05, 3.63) is 23.1 Å². The van der Waals surface area contributed by atoms with Gasteiger partial charge < -0.3 is 15.2 Å². The number of amides is 2. The normalized spacial score (nSPS) is 22.5. The van der Waals surface area contributed by atoms with Gasteiger partial charge in [-0.25, -0.2) is 9.48 Å². The van der Waals surface area contributed by atoms with Crippen LogP contribution in [0.1, 0.15) is 0 Å². The molecule has 17 heteroatoms. The van der Waals surface area contributed by atoms with E-state index in [1.807, 2.05) is 0 Å². The number of carbonyl (C=O) groups excluding carboxylic acids is 2. The van der Waals surface area contributed by atoms with Crippen molar-refractivity contribution < 1.29 is 24.2 Å². The van der Waals surface area contributed by atoms with Gasteiger partial charge in [-0.1, -0.05) is 23.1 Å². The molecule has 4 heterocycles. The molecule has 0 aliphatic carbocycles. The predicted molar refractivity (Wildman–Crippen MR) is 117 cm³/mol. The van der Waals surface area contributed by atoms with Gasteiger partial charge in [-0.05, 0) is 16.0 Å². The number of nitrogens with one attached hydrogen (secondary N) is 1. The van der Waals surface area contributed by atoms with Crippen LogP contribution >= 0.6 is 46.6 Å². The monoisotopic (exact) mass is 516 g/mol. The van der Waals surface area contributed by atoms with Crippen LogP contribution in [0.3, 0.4) is 0 Å². The molecule has 2 aliphatic rings. The molecule has 2 aliphatic heterocycles. The lowest BCUT2D eigenvalue weighted by Crippen LogP contribution is -2.80. The molecule has 4 rings (SSSR count). The molecule has 32 heavy (non-hydrogen) atoms. The molecule has 0 aromatic carbocycles. The lowest BCUT2D eigenvalue weighted by Gasteiger charge is -2.55. The van der Waals surface area contributed by atoms with Gasteiger partial charge >= 0.3 is 5.97 Å². The summed E-state index contributed by atoms with van der Waals surface area (Å²) in [4.78, 5) is 38.7. The van der Waals surface area contributed by atoms with E-state index < -0.39 is 28.9 Å². The van der Waals surface area contributed by atoms with Gasteiger partial charge in [0, 0.05) is 18.6 Å². The molecule has 0 bridgehead atoms. The Labute approximate surface area is 197 Å². The van der Waals surface area contributed by atoms with Crippen molar-refractivity contribution >= 4 is 64.4 Å². The van der Waals surface area contributed by atoms with Crippen LogP contribution in [0.4, 0.5) is 0 Å². The predicted octanol–water partition coefficient (Wildman–Crippen LogP) is -0.280. The molecule has 13 nitrogen and oxygen atoms in total. The Hall–Kier alpha value is -2.21. The highest BCUT2D eigenvalue weighted by Crippen LogP contribution is 2.47. The quantitative estimate of drug-likeness (QED) is 0.241. The molecule has 1 saturated heterocycles. The molecule has 0 saturated carbocycles. The molecule has 2 atom stereocenters. The average molecular weight is 517 g/mol. The van der Waals surface area contributed by atoms with Crippen LogP contribution in [0.25, 0.3) is 0 Å². The third-order valence-electron chi connectivity index (χ3n) is 4.52. The first kappa shape index (κ1) is 23.0. The summed E-state index contributed by atoms with van der Waals surface area (Å²) in [5.74, 6) is -1.10. The maximum atomic E-state index is 13.0. The summed E-state index contributed by atoms with van der Waals surface area (Å²) in [5, 5.41) is 30.2. The minimum Gasteiger partial charge on any atom is -0.477 e. The van der Waals surface area contributed by atoms with Crippen LogP contribution in [0, 0.1) is 0 Å². The molecule has 2 aromatic heterocycles. The summed E-state index contributed by atoms with van der Waals surface area (Å²) in [6, 6.07) is 0. The number of tetrazole rings is 1. The number of fused-ring (bicyclic) bond motifs is 1. The smallest absolute Gasteiger partial charge is 0.352 e. The van der Waals surface area contributed by atoms with Gasteiger partial charge in [0.25, 0.3) is 11.6 Å². The minimum atomic E-state index is -1.62. The number of rotatable bonds is 10. The Bertz CT molecular complexity index is 1030. The Morgan fingerprint density at radius 3 is 2.94 bits per heavy atom. The second-order valence-corrected chi connectivity index (χ2v) is 10.5. The Morgan fingerprint density at radius 1 is 1.44 bits per heavy atom. The van der Waals surface area contributed by atoms with Gasteiger partial charge in [0.15, 0.2) is 4.34 Å². The van der Waals surface area contributed by atoms with Gasteiger partial charge in [-0.15, -0.1) is 38.8 Å². The Morgan fingerprint density at radius 2 is 2.28 bits per heavy atom. The summed E-state index contributed by atoms with van der Waals surface area (Å²) in [7, 11) is 1.31. The number of carboxylic acids is 1. The summed E-state index contributed by atoms with van der Waals surface area (Å²) in [6.45, 7) is 0. The highest BCUT2D eigenvalue weighted by atomic mass is 32.2. The largest absolute Gasteiger partial charge is 0.477 e. The van der Waals surface area contributed by atoms with Crippen LogP contribution in [0.15, 0.2) is 27.4 Å². The summed E-state index contributed by atoms with van der Waals surface area (Å²) >= 11 is 5.31. The van der Waals surface area contributed by atoms with Gasteiger partial charge in [-0.2, -0.15) is 0 Å². The van der Waals surface area contributed by atoms with E-state index in [0.717, 1.165) is 0 Å². The van der Waals surface area contributed by atoms with Crippen molar-refractivity contribution in [2.75, 3.05) is 24.4 Å². The van der Waals surface area contributed by atoms with Crippen molar-refractivity contribution in [1.29, 1.82) is 0 Å². The highest BCUT2D eigenvalue weighted by Gasteiger charge is 2.66. The number of carbonyl (C=O) groups is 3. The van der Waals surface area contributed by atoms with Crippen molar-refractivity contribution in [1.82, 2.24) is 40.6 Å². The fourth-order valence-corrected chi connectivity index (χ4v) is 6.86. The molecule has 2 aromatic rings. The number of ether oxygens (including phenoxy) is 1. The third kappa shape index (κ3) is 4.34. The zero-order valence-electron chi connectivity index (χ0n) is 16.4. The topological polar surface area (TPSA) is 165 Å². The van der Waals surface area contributed by atoms with E-state index in [4.69, 9.17) is 4.74 Å². The van der Waals surface area contributed by atoms with E-state index in [-0.39, 0.29) is 11.4 Å². The molecular formula is C15H16N8O5S4. The zero-order chi connectivity index (χ0) is 22.7. The molecule has 1 unspecified atom stereocenters. The first-order chi connectivity index (χ1) is 15.5. The fourth-order valence-electron chi connectivity index (χ4n) is 3.14. The summed E-state index contributed by atoms with van der Waals surface area (Å²) < 4.78 is 7.60. The second-order valence-electron chi connectivity index (χ2n) is 6.40. The summed E-state index contributed by atoms with van der Waals surface area (Å²) in [5.41, 5.74) is 0.498. The average Bonchev–Trinajstić information content (AvgIpc) is 3.49. The van der Waals surface area contributed by atoms with E-state index >= 15 is 0 Å². The van der Waals surface area contributed by atoms with E-state index in [2.05, 4.69) is 31.0 Å². The molecule has 2 amide bonds. The van der Waals surface area contributed by atoms with E-state index in [1.165, 1.54) is 69.6 Å². The number of aliphatic carboxylic acids is 1. The lowest BCUT2D eigenvalue weighted by atomic mass is 9.98. The number of carboxylic acid groups (broad SMARTS) is 1. The number of aromatic nitrogens is 6. The maximum absolute atomic E-state index is 13.0. The number of hydrogen-bond donors (Lipinski definition) is 2.